The van der Waals surface area contributed by atoms with Crippen molar-refractivity contribution in [1.29, 1.82) is 0 Å². The minimum Gasteiger partial charge on any atom is -0.340 e. The molecule has 0 saturated heterocycles. The molecule has 142 valence electrons. The highest BCUT2D eigenvalue weighted by atomic mass is 16.1. The predicted octanol–water partition coefficient (Wildman–Crippen LogP) is 4.60. The van der Waals surface area contributed by atoms with Crippen LogP contribution in [0, 0.1) is 13.8 Å². The molecule has 5 rings (SSSR count). The third-order valence-corrected chi connectivity index (χ3v) is 5.35. The summed E-state index contributed by atoms with van der Waals surface area (Å²) in [6.07, 6.45) is 0. The van der Waals surface area contributed by atoms with Crippen LogP contribution in [0.1, 0.15) is 17.0 Å². The zero-order chi connectivity index (χ0) is 20.0. The number of rotatable bonds is 3. The standard InChI is InChI=1S/C24H20N4O/c1-15-12-20-21(13-16(15)2)26-22(25-20)14-28-23(17-8-4-3-5-9-17)27-19-11-7-6-10-18(19)24(28)29/h3-13H,14H2,1-2H3,(H,25,26). The zero-order valence-corrected chi connectivity index (χ0v) is 16.3. The Kier molecular flexibility index (Phi) is 4.02. The van der Waals surface area contributed by atoms with Gasteiger partial charge in [0.15, 0.2) is 0 Å². The van der Waals surface area contributed by atoms with Crippen molar-refractivity contribution < 1.29 is 0 Å². The average molecular weight is 380 g/mol. The van der Waals surface area contributed by atoms with Crippen LogP contribution >= 0.6 is 0 Å². The molecule has 1 N–H and O–H groups in total. The fourth-order valence-electron chi connectivity index (χ4n) is 3.67. The first-order valence-corrected chi connectivity index (χ1v) is 9.61. The van der Waals surface area contributed by atoms with Gasteiger partial charge in [-0.15, -0.1) is 0 Å². The van der Waals surface area contributed by atoms with Crippen molar-refractivity contribution in [2.45, 2.75) is 20.4 Å². The number of nitrogens with one attached hydrogen (secondary N) is 1. The number of benzene rings is 3. The van der Waals surface area contributed by atoms with E-state index < -0.39 is 0 Å². The first kappa shape index (κ1) is 17.4. The summed E-state index contributed by atoms with van der Waals surface area (Å²) in [5, 5.41) is 0.606. The first-order valence-electron chi connectivity index (χ1n) is 9.61. The van der Waals surface area contributed by atoms with E-state index in [0.717, 1.165) is 22.4 Å². The van der Waals surface area contributed by atoms with Crippen LogP contribution in [0.3, 0.4) is 0 Å². The summed E-state index contributed by atoms with van der Waals surface area (Å²) < 4.78 is 1.70. The van der Waals surface area contributed by atoms with Gasteiger partial charge < -0.3 is 4.98 Å². The zero-order valence-electron chi connectivity index (χ0n) is 16.3. The van der Waals surface area contributed by atoms with E-state index in [-0.39, 0.29) is 5.56 Å². The molecule has 0 fully saturated rings. The molecule has 0 aliphatic heterocycles. The molecule has 0 aliphatic carbocycles. The molecular weight excluding hydrogens is 360 g/mol. The fraction of sp³-hybridized carbons (Fsp3) is 0.125. The number of H-pyrrole nitrogens is 1. The monoisotopic (exact) mass is 380 g/mol. The lowest BCUT2D eigenvalue weighted by Crippen LogP contribution is -2.24. The summed E-state index contributed by atoms with van der Waals surface area (Å²) in [6.45, 7) is 4.49. The SMILES string of the molecule is Cc1cc2nc(Cn3c(-c4ccccc4)nc4ccccc4c3=O)[nH]c2cc1C. The second kappa shape index (κ2) is 6.71. The maximum atomic E-state index is 13.3. The number of nitrogens with zero attached hydrogens (tertiary/aromatic N) is 3. The van der Waals surface area contributed by atoms with Crippen LogP contribution in [0.25, 0.3) is 33.3 Å². The van der Waals surface area contributed by atoms with Gasteiger partial charge in [0, 0.05) is 5.56 Å². The number of aromatic amines is 1. The molecule has 0 aliphatic rings. The van der Waals surface area contributed by atoms with Gasteiger partial charge in [-0.1, -0.05) is 42.5 Å². The number of hydrogen-bond acceptors (Lipinski definition) is 3. The van der Waals surface area contributed by atoms with Crippen molar-refractivity contribution in [3.05, 3.63) is 94.0 Å². The molecule has 0 radical (unpaired) electrons. The van der Waals surface area contributed by atoms with E-state index in [1.54, 1.807) is 4.57 Å². The van der Waals surface area contributed by atoms with Crippen LogP contribution in [-0.2, 0) is 6.54 Å². The summed E-state index contributed by atoms with van der Waals surface area (Å²) in [5.41, 5.74) is 5.83. The summed E-state index contributed by atoms with van der Waals surface area (Å²) in [6, 6.07) is 21.4. The normalized spacial score (nSPS) is 11.4. The third-order valence-electron chi connectivity index (χ3n) is 5.35. The van der Waals surface area contributed by atoms with Crippen molar-refractivity contribution in [3.63, 3.8) is 0 Å². The van der Waals surface area contributed by atoms with Gasteiger partial charge in [0.2, 0.25) is 0 Å². The van der Waals surface area contributed by atoms with E-state index in [1.807, 2.05) is 54.6 Å². The highest BCUT2D eigenvalue weighted by Crippen LogP contribution is 2.21. The van der Waals surface area contributed by atoms with Crippen LogP contribution in [0.2, 0.25) is 0 Å². The van der Waals surface area contributed by atoms with Crippen molar-refractivity contribution in [1.82, 2.24) is 19.5 Å². The van der Waals surface area contributed by atoms with Gasteiger partial charge in [-0.25, -0.2) is 9.97 Å². The summed E-state index contributed by atoms with van der Waals surface area (Å²) in [5.74, 6) is 1.38. The lowest BCUT2D eigenvalue weighted by molar-refractivity contribution is 0.727. The van der Waals surface area contributed by atoms with Crippen LogP contribution < -0.4 is 5.56 Å². The minimum absolute atomic E-state index is 0.0673. The van der Waals surface area contributed by atoms with E-state index in [1.165, 1.54) is 11.1 Å². The van der Waals surface area contributed by atoms with E-state index in [9.17, 15) is 4.79 Å². The topological polar surface area (TPSA) is 63.6 Å². The quantitative estimate of drug-likeness (QED) is 0.497. The third kappa shape index (κ3) is 3.01. The molecule has 5 heteroatoms. The molecule has 0 bridgehead atoms. The number of para-hydroxylation sites is 1. The van der Waals surface area contributed by atoms with E-state index in [0.29, 0.717) is 23.3 Å². The lowest BCUT2D eigenvalue weighted by atomic mass is 10.1. The molecule has 3 aromatic carbocycles. The molecule has 0 amide bonds. The molecule has 29 heavy (non-hydrogen) atoms. The van der Waals surface area contributed by atoms with Gasteiger partial charge in [0.1, 0.15) is 11.6 Å². The van der Waals surface area contributed by atoms with Gasteiger partial charge in [-0.3, -0.25) is 9.36 Å². The Hall–Kier alpha value is -3.73. The Morgan fingerprint density at radius 2 is 1.59 bits per heavy atom. The molecule has 2 heterocycles. The molecule has 0 atom stereocenters. The smallest absolute Gasteiger partial charge is 0.262 e. The highest BCUT2D eigenvalue weighted by Gasteiger charge is 2.15. The van der Waals surface area contributed by atoms with Crippen LogP contribution in [0.5, 0.6) is 0 Å². The number of aromatic nitrogens is 4. The van der Waals surface area contributed by atoms with Crippen LogP contribution in [0.4, 0.5) is 0 Å². The maximum absolute atomic E-state index is 13.3. The van der Waals surface area contributed by atoms with Gasteiger partial charge in [-0.2, -0.15) is 0 Å². The minimum atomic E-state index is -0.0673. The first-order chi connectivity index (χ1) is 14.1. The Balaban J connectivity index is 1.71. The number of aryl methyl sites for hydroxylation is 2. The Morgan fingerprint density at radius 3 is 2.41 bits per heavy atom. The van der Waals surface area contributed by atoms with Crippen molar-refractivity contribution in [2.24, 2.45) is 0 Å². The van der Waals surface area contributed by atoms with Crippen molar-refractivity contribution in [2.75, 3.05) is 0 Å². The van der Waals surface area contributed by atoms with Crippen LogP contribution in [0.15, 0.2) is 71.5 Å². The second-order valence-corrected chi connectivity index (χ2v) is 7.35. The van der Waals surface area contributed by atoms with Gasteiger partial charge in [0.05, 0.1) is 28.5 Å². The number of hydrogen-bond donors (Lipinski definition) is 1. The van der Waals surface area contributed by atoms with E-state index in [2.05, 4.69) is 31.0 Å². The van der Waals surface area contributed by atoms with E-state index >= 15 is 0 Å². The van der Waals surface area contributed by atoms with Crippen molar-refractivity contribution >= 4 is 21.9 Å². The van der Waals surface area contributed by atoms with E-state index in [4.69, 9.17) is 9.97 Å². The van der Waals surface area contributed by atoms with Gasteiger partial charge in [-0.05, 0) is 49.2 Å². The Bertz CT molecular complexity index is 1380. The van der Waals surface area contributed by atoms with Gasteiger partial charge >= 0.3 is 0 Å². The van der Waals surface area contributed by atoms with Crippen molar-refractivity contribution in [3.8, 4) is 11.4 Å². The Morgan fingerprint density at radius 1 is 0.862 bits per heavy atom. The molecule has 5 nitrogen and oxygen atoms in total. The summed E-state index contributed by atoms with van der Waals surface area (Å²) in [7, 11) is 0. The predicted molar refractivity (Wildman–Crippen MR) is 116 cm³/mol. The maximum Gasteiger partial charge on any atom is 0.262 e. The molecule has 0 saturated carbocycles. The molecule has 5 aromatic rings. The number of imidazole rings is 1. The average Bonchev–Trinajstić information content (AvgIpc) is 3.12. The second-order valence-electron chi connectivity index (χ2n) is 7.35. The highest BCUT2D eigenvalue weighted by molar-refractivity contribution is 5.80. The summed E-state index contributed by atoms with van der Waals surface area (Å²) >= 11 is 0. The molecule has 2 aromatic heterocycles. The number of fused-ring (bicyclic) bond motifs is 2. The molecular formula is C24H20N4O. The fourth-order valence-corrected chi connectivity index (χ4v) is 3.67. The summed E-state index contributed by atoms with van der Waals surface area (Å²) in [4.78, 5) is 26.2. The largest absolute Gasteiger partial charge is 0.340 e. The molecule has 0 spiro atoms. The molecule has 0 unspecified atom stereocenters. The Labute approximate surface area is 167 Å². The lowest BCUT2D eigenvalue weighted by Gasteiger charge is -2.12. The van der Waals surface area contributed by atoms with Crippen LogP contribution in [-0.4, -0.2) is 19.5 Å². The van der Waals surface area contributed by atoms with Gasteiger partial charge in [0.25, 0.3) is 5.56 Å².